The maximum absolute atomic E-state index is 12.3. The summed E-state index contributed by atoms with van der Waals surface area (Å²) in [7, 11) is -3.42. The molecule has 1 aliphatic rings. The quantitative estimate of drug-likeness (QED) is 0.808. The second-order valence-electron chi connectivity index (χ2n) is 5.33. The van der Waals surface area contributed by atoms with Gasteiger partial charge in [0.15, 0.2) is 0 Å². The molecule has 0 bridgehead atoms. The fourth-order valence-corrected chi connectivity index (χ4v) is 4.89. The highest BCUT2D eigenvalue weighted by atomic mass is 32.2. The van der Waals surface area contributed by atoms with E-state index in [4.69, 9.17) is 0 Å². The molecular weight excluding hydrogens is 304 g/mol. The van der Waals surface area contributed by atoms with Crippen LogP contribution in [0.5, 0.6) is 0 Å². The summed E-state index contributed by atoms with van der Waals surface area (Å²) in [5, 5.41) is 3.34. The van der Waals surface area contributed by atoms with E-state index in [1.54, 1.807) is 12.1 Å². The second-order valence-corrected chi connectivity index (χ2v) is 8.29. The van der Waals surface area contributed by atoms with Crippen LogP contribution in [-0.2, 0) is 10.0 Å². The maximum atomic E-state index is 12.3. The summed E-state index contributed by atoms with van der Waals surface area (Å²) in [4.78, 5) is 0.351. The molecule has 1 fully saturated rings. The predicted octanol–water partition coefficient (Wildman–Crippen LogP) is 2.93. The van der Waals surface area contributed by atoms with E-state index in [0.29, 0.717) is 23.0 Å². The molecule has 6 heteroatoms. The molecule has 1 heterocycles. The first-order chi connectivity index (χ1) is 10.1. The number of hydrogen-bond acceptors (Lipinski definition) is 4. The molecule has 1 aromatic rings. The van der Waals surface area contributed by atoms with Crippen molar-refractivity contribution < 1.29 is 8.42 Å². The third-order valence-electron chi connectivity index (χ3n) is 3.64. The minimum absolute atomic E-state index is 0.351. The van der Waals surface area contributed by atoms with Crippen LogP contribution in [0.25, 0.3) is 0 Å². The lowest BCUT2D eigenvalue weighted by Crippen LogP contribution is -2.26. The van der Waals surface area contributed by atoms with E-state index < -0.39 is 10.0 Å². The van der Waals surface area contributed by atoms with Gasteiger partial charge in [-0.1, -0.05) is 19.1 Å². The zero-order chi connectivity index (χ0) is 15.1. The Balaban J connectivity index is 2.05. The second kappa shape index (κ2) is 8.06. The number of benzene rings is 1. The molecule has 2 N–H and O–H groups in total. The van der Waals surface area contributed by atoms with Gasteiger partial charge in [0.2, 0.25) is 10.0 Å². The van der Waals surface area contributed by atoms with Gasteiger partial charge in [0.05, 0.1) is 5.69 Å². The van der Waals surface area contributed by atoms with Gasteiger partial charge >= 0.3 is 0 Å². The molecule has 0 aromatic heterocycles. The van der Waals surface area contributed by atoms with Crippen LogP contribution in [0.15, 0.2) is 29.2 Å². The van der Waals surface area contributed by atoms with Crippen molar-refractivity contribution in [2.24, 2.45) is 5.92 Å². The molecular formula is C15H24N2O2S2. The number of hydrogen-bond donors (Lipinski definition) is 2. The van der Waals surface area contributed by atoms with E-state index in [2.05, 4.69) is 10.0 Å². The third kappa shape index (κ3) is 4.90. The molecule has 0 atom stereocenters. The number of rotatable bonds is 7. The Bertz CT molecular complexity index is 540. The van der Waals surface area contributed by atoms with Crippen LogP contribution in [0.3, 0.4) is 0 Å². The first kappa shape index (κ1) is 16.6. The molecule has 1 aromatic carbocycles. The van der Waals surface area contributed by atoms with E-state index in [-0.39, 0.29) is 0 Å². The first-order valence-electron chi connectivity index (χ1n) is 7.54. The minimum Gasteiger partial charge on any atom is -0.384 e. The van der Waals surface area contributed by atoms with E-state index in [1.165, 1.54) is 24.3 Å². The van der Waals surface area contributed by atoms with Gasteiger partial charge in [-0.15, -0.1) is 0 Å². The maximum Gasteiger partial charge on any atom is 0.242 e. The first-order valence-corrected chi connectivity index (χ1v) is 10.2. The lowest BCUT2D eigenvalue weighted by molar-refractivity contribution is 0.515. The predicted molar refractivity (Wildman–Crippen MR) is 90.5 cm³/mol. The van der Waals surface area contributed by atoms with Crippen LogP contribution in [0, 0.1) is 5.92 Å². The molecule has 2 rings (SSSR count). The van der Waals surface area contributed by atoms with Crippen LogP contribution < -0.4 is 10.0 Å². The van der Waals surface area contributed by atoms with Crippen molar-refractivity contribution in [3.05, 3.63) is 24.3 Å². The van der Waals surface area contributed by atoms with Crippen LogP contribution >= 0.6 is 11.8 Å². The molecule has 0 unspecified atom stereocenters. The van der Waals surface area contributed by atoms with Crippen molar-refractivity contribution in [3.8, 4) is 0 Å². The van der Waals surface area contributed by atoms with Crippen molar-refractivity contribution in [1.82, 2.24) is 4.72 Å². The van der Waals surface area contributed by atoms with Gasteiger partial charge in [0.1, 0.15) is 4.90 Å². The van der Waals surface area contributed by atoms with E-state index >= 15 is 0 Å². The van der Waals surface area contributed by atoms with Gasteiger partial charge in [-0.05, 0) is 48.8 Å². The summed E-state index contributed by atoms with van der Waals surface area (Å²) in [6, 6.07) is 7.15. The number of anilines is 1. The fraction of sp³-hybridized carbons (Fsp3) is 0.600. The lowest BCUT2D eigenvalue weighted by atomic mass is 10.0. The monoisotopic (exact) mass is 328 g/mol. The lowest BCUT2D eigenvalue weighted by Gasteiger charge is -2.22. The molecule has 0 amide bonds. The van der Waals surface area contributed by atoms with Gasteiger partial charge in [0, 0.05) is 13.1 Å². The van der Waals surface area contributed by atoms with E-state index in [1.807, 2.05) is 30.8 Å². The summed E-state index contributed by atoms with van der Waals surface area (Å²) >= 11 is 2.00. The Hall–Kier alpha value is -0.720. The Morgan fingerprint density at radius 1 is 1.24 bits per heavy atom. The van der Waals surface area contributed by atoms with Crippen molar-refractivity contribution in [3.63, 3.8) is 0 Å². The molecule has 1 aliphatic heterocycles. The highest BCUT2D eigenvalue weighted by molar-refractivity contribution is 7.99. The number of nitrogens with one attached hydrogen (secondary N) is 2. The molecule has 0 radical (unpaired) electrons. The molecule has 118 valence electrons. The van der Waals surface area contributed by atoms with Gasteiger partial charge in [-0.3, -0.25) is 0 Å². The van der Waals surface area contributed by atoms with Crippen LogP contribution in [0.1, 0.15) is 26.2 Å². The minimum atomic E-state index is -3.42. The largest absolute Gasteiger partial charge is 0.384 e. The van der Waals surface area contributed by atoms with Crippen molar-refractivity contribution >= 4 is 27.5 Å². The fourth-order valence-electron chi connectivity index (χ4n) is 2.37. The Morgan fingerprint density at radius 3 is 2.67 bits per heavy atom. The van der Waals surface area contributed by atoms with Gasteiger partial charge in [0.25, 0.3) is 0 Å². The summed E-state index contributed by atoms with van der Waals surface area (Å²) in [6.07, 6.45) is 3.20. The molecule has 21 heavy (non-hydrogen) atoms. The average Bonchev–Trinajstić information content (AvgIpc) is 2.52. The van der Waals surface area contributed by atoms with Crippen molar-refractivity contribution in [1.29, 1.82) is 0 Å². The highest BCUT2D eigenvalue weighted by Crippen LogP contribution is 2.25. The van der Waals surface area contributed by atoms with Gasteiger partial charge in [-0.25, -0.2) is 13.1 Å². The highest BCUT2D eigenvalue weighted by Gasteiger charge is 2.19. The molecule has 0 spiro atoms. The number of para-hydroxylation sites is 1. The zero-order valence-electron chi connectivity index (χ0n) is 12.5. The summed E-state index contributed by atoms with van der Waals surface area (Å²) in [5.74, 6) is 3.07. The molecule has 0 aliphatic carbocycles. The van der Waals surface area contributed by atoms with Crippen molar-refractivity contribution in [2.45, 2.75) is 31.1 Å². The summed E-state index contributed by atoms with van der Waals surface area (Å²) in [6.45, 7) is 3.27. The Kier molecular flexibility index (Phi) is 6.39. The molecule has 1 saturated heterocycles. The van der Waals surface area contributed by atoms with Gasteiger partial charge in [-0.2, -0.15) is 11.8 Å². The van der Waals surface area contributed by atoms with E-state index in [9.17, 15) is 8.42 Å². The molecule has 0 saturated carbocycles. The SMILES string of the molecule is CCCNS(=O)(=O)c1ccccc1NCC1CCSCC1. The van der Waals surface area contributed by atoms with Crippen LogP contribution in [-0.4, -0.2) is 33.0 Å². The van der Waals surface area contributed by atoms with Gasteiger partial charge < -0.3 is 5.32 Å². The summed E-state index contributed by atoms with van der Waals surface area (Å²) in [5.41, 5.74) is 0.708. The third-order valence-corrected chi connectivity index (χ3v) is 6.21. The van der Waals surface area contributed by atoms with Crippen molar-refractivity contribution in [2.75, 3.05) is 29.9 Å². The Morgan fingerprint density at radius 2 is 1.95 bits per heavy atom. The van der Waals surface area contributed by atoms with E-state index in [0.717, 1.165) is 13.0 Å². The molecule has 4 nitrogen and oxygen atoms in total. The van der Waals surface area contributed by atoms with Crippen LogP contribution in [0.4, 0.5) is 5.69 Å². The Labute approximate surface area is 132 Å². The average molecular weight is 329 g/mol. The summed E-state index contributed by atoms with van der Waals surface area (Å²) < 4.78 is 27.2. The topological polar surface area (TPSA) is 58.2 Å². The number of sulfonamides is 1. The zero-order valence-corrected chi connectivity index (χ0v) is 14.1. The van der Waals surface area contributed by atoms with Crippen LogP contribution in [0.2, 0.25) is 0 Å². The number of thioether (sulfide) groups is 1. The smallest absolute Gasteiger partial charge is 0.242 e. The standard InChI is InChI=1S/C15H24N2O2S2/c1-2-9-17-21(18,19)15-6-4-3-5-14(15)16-12-13-7-10-20-11-8-13/h3-6,13,16-17H,2,7-12H2,1H3. The normalized spacial score (nSPS) is 16.8.